The average Bonchev–Trinajstić information content (AvgIpc) is 3.10. The molecular formula is C21H17O2. The van der Waals surface area contributed by atoms with Gasteiger partial charge in [-0.25, -0.2) is 0 Å². The Balaban J connectivity index is 1.86. The first-order valence-corrected chi connectivity index (χ1v) is 7.70. The molecule has 0 aromatic heterocycles. The summed E-state index contributed by atoms with van der Waals surface area (Å²) in [6, 6.07) is 23.0. The van der Waals surface area contributed by atoms with Crippen LogP contribution in [-0.4, -0.2) is 7.11 Å². The van der Waals surface area contributed by atoms with Crippen molar-refractivity contribution in [3.63, 3.8) is 0 Å². The Hall–Kier alpha value is -2.74. The normalized spacial score (nSPS) is 12.6. The lowest BCUT2D eigenvalue weighted by Gasteiger charge is -2.12. The summed E-state index contributed by atoms with van der Waals surface area (Å²) in [6.45, 7) is 1.87. The molecule has 0 unspecified atom stereocenters. The van der Waals surface area contributed by atoms with Gasteiger partial charge in [-0.05, 0) is 46.5 Å². The predicted molar refractivity (Wildman–Crippen MR) is 92.5 cm³/mol. The number of ether oxygens (including phenoxy) is 2. The quantitative estimate of drug-likeness (QED) is 0.668. The summed E-state index contributed by atoms with van der Waals surface area (Å²) in [5, 5.41) is 0. The van der Waals surface area contributed by atoms with Crippen molar-refractivity contribution in [2.45, 2.75) is 6.42 Å². The van der Waals surface area contributed by atoms with Crippen LogP contribution in [-0.2, 0) is 6.42 Å². The van der Waals surface area contributed by atoms with E-state index in [1.165, 1.54) is 16.7 Å². The molecule has 1 aliphatic rings. The molecule has 1 aliphatic heterocycles. The molecule has 0 fully saturated rings. The molecule has 2 heteroatoms. The first-order chi connectivity index (χ1) is 11.3. The Morgan fingerprint density at radius 1 is 0.826 bits per heavy atom. The highest BCUT2D eigenvalue weighted by Gasteiger charge is 2.20. The Bertz CT molecular complexity index is 820. The number of hydrogen-bond donors (Lipinski definition) is 0. The van der Waals surface area contributed by atoms with Crippen LogP contribution in [0, 0.1) is 6.61 Å². The molecular weight excluding hydrogens is 284 g/mol. The zero-order valence-electron chi connectivity index (χ0n) is 13.0. The van der Waals surface area contributed by atoms with Gasteiger partial charge >= 0.3 is 0 Å². The maximum atomic E-state index is 5.78. The number of hydrogen-bond acceptors (Lipinski definition) is 2. The summed E-state index contributed by atoms with van der Waals surface area (Å²) >= 11 is 0. The molecule has 0 atom stereocenters. The minimum atomic E-state index is 0.846. The number of benzene rings is 3. The average molecular weight is 301 g/mol. The van der Waals surface area contributed by atoms with Crippen molar-refractivity contribution < 1.29 is 9.47 Å². The highest BCUT2D eigenvalue weighted by Crippen LogP contribution is 2.41. The summed E-state index contributed by atoms with van der Waals surface area (Å²) in [6.07, 6.45) is 0.846. The highest BCUT2D eigenvalue weighted by molar-refractivity contribution is 5.80. The van der Waals surface area contributed by atoms with Crippen LogP contribution in [0.5, 0.6) is 11.5 Å². The Morgan fingerprint density at radius 3 is 2.35 bits per heavy atom. The van der Waals surface area contributed by atoms with E-state index in [-0.39, 0.29) is 0 Å². The fourth-order valence-corrected chi connectivity index (χ4v) is 2.98. The predicted octanol–water partition coefficient (Wildman–Crippen LogP) is 5.13. The molecule has 4 rings (SSSR count). The smallest absolute Gasteiger partial charge is 0.140 e. The third-order valence-electron chi connectivity index (χ3n) is 4.18. The topological polar surface area (TPSA) is 18.5 Å². The van der Waals surface area contributed by atoms with Crippen LogP contribution in [0.15, 0.2) is 66.7 Å². The van der Waals surface area contributed by atoms with Gasteiger partial charge in [-0.3, -0.25) is 0 Å². The SMILES string of the molecule is COc1ccc(-c2cc(-c3ccccc3)cc3c2O[CH]C3)cc1. The summed E-state index contributed by atoms with van der Waals surface area (Å²) in [4.78, 5) is 0. The molecule has 0 saturated carbocycles. The monoisotopic (exact) mass is 301 g/mol. The van der Waals surface area contributed by atoms with Crippen molar-refractivity contribution in [1.29, 1.82) is 0 Å². The van der Waals surface area contributed by atoms with E-state index in [4.69, 9.17) is 9.47 Å². The third kappa shape index (κ3) is 2.57. The van der Waals surface area contributed by atoms with E-state index in [2.05, 4.69) is 48.5 Å². The zero-order valence-corrected chi connectivity index (χ0v) is 13.0. The van der Waals surface area contributed by atoms with Gasteiger partial charge in [0.05, 0.1) is 7.11 Å². The van der Waals surface area contributed by atoms with E-state index in [0.717, 1.165) is 29.0 Å². The second-order valence-electron chi connectivity index (χ2n) is 5.60. The summed E-state index contributed by atoms with van der Waals surface area (Å²) in [5.41, 5.74) is 5.93. The van der Waals surface area contributed by atoms with Crippen LogP contribution in [0.1, 0.15) is 5.56 Å². The second-order valence-corrected chi connectivity index (χ2v) is 5.60. The fraction of sp³-hybridized carbons (Fsp3) is 0.0952. The molecule has 3 aromatic carbocycles. The van der Waals surface area contributed by atoms with Crippen LogP contribution >= 0.6 is 0 Å². The summed E-state index contributed by atoms with van der Waals surface area (Å²) in [5.74, 6) is 1.83. The van der Waals surface area contributed by atoms with E-state index < -0.39 is 0 Å². The minimum absolute atomic E-state index is 0.846. The van der Waals surface area contributed by atoms with Gasteiger partial charge in [0.15, 0.2) is 0 Å². The molecule has 0 spiro atoms. The zero-order chi connectivity index (χ0) is 15.6. The second kappa shape index (κ2) is 5.81. The Labute approximate surface area is 136 Å². The molecule has 0 saturated heterocycles. The molecule has 113 valence electrons. The van der Waals surface area contributed by atoms with E-state index in [9.17, 15) is 0 Å². The molecule has 0 bridgehead atoms. The number of methoxy groups -OCH3 is 1. The standard InChI is InChI=1S/C21H17O2/c1-22-19-9-7-16(8-10-19)20-14-18(15-5-3-2-4-6-15)13-17-11-12-23-21(17)20/h2-10,12-14H,11H2,1H3. The van der Waals surface area contributed by atoms with Crippen molar-refractivity contribution in [3.8, 4) is 33.8 Å². The van der Waals surface area contributed by atoms with Crippen molar-refractivity contribution >= 4 is 0 Å². The molecule has 3 aromatic rings. The van der Waals surface area contributed by atoms with Crippen LogP contribution in [0.3, 0.4) is 0 Å². The van der Waals surface area contributed by atoms with E-state index in [1.54, 1.807) is 7.11 Å². The van der Waals surface area contributed by atoms with Gasteiger partial charge in [0.1, 0.15) is 18.1 Å². The lowest BCUT2D eigenvalue weighted by molar-refractivity contribution is 0.415. The molecule has 0 amide bonds. The van der Waals surface area contributed by atoms with Crippen LogP contribution < -0.4 is 9.47 Å². The number of fused-ring (bicyclic) bond motifs is 1. The van der Waals surface area contributed by atoms with Crippen LogP contribution in [0.25, 0.3) is 22.3 Å². The molecule has 23 heavy (non-hydrogen) atoms. The lowest BCUT2D eigenvalue weighted by atomic mass is 9.94. The third-order valence-corrected chi connectivity index (χ3v) is 4.18. The van der Waals surface area contributed by atoms with Crippen molar-refractivity contribution in [1.82, 2.24) is 0 Å². The summed E-state index contributed by atoms with van der Waals surface area (Å²) < 4.78 is 11.0. The van der Waals surface area contributed by atoms with Gasteiger partial charge in [0.2, 0.25) is 0 Å². The van der Waals surface area contributed by atoms with E-state index in [0.29, 0.717) is 0 Å². The molecule has 0 aliphatic carbocycles. The molecule has 2 nitrogen and oxygen atoms in total. The highest BCUT2D eigenvalue weighted by atomic mass is 16.5. The fourth-order valence-electron chi connectivity index (χ4n) is 2.98. The van der Waals surface area contributed by atoms with E-state index >= 15 is 0 Å². The number of rotatable bonds is 3. The van der Waals surface area contributed by atoms with Gasteiger partial charge in [-0.2, -0.15) is 0 Å². The van der Waals surface area contributed by atoms with Gasteiger partial charge < -0.3 is 9.47 Å². The maximum Gasteiger partial charge on any atom is 0.140 e. The van der Waals surface area contributed by atoms with Crippen molar-refractivity contribution in [2.75, 3.05) is 7.11 Å². The van der Waals surface area contributed by atoms with Gasteiger partial charge in [0, 0.05) is 12.0 Å². The maximum absolute atomic E-state index is 5.78. The lowest BCUT2D eigenvalue weighted by Crippen LogP contribution is -1.89. The summed E-state index contributed by atoms with van der Waals surface area (Å²) in [7, 11) is 1.68. The van der Waals surface area contributed by atoms with Crippen LogP contribution in [0.2, 0.25) is 0 Å². The Kier molecular flexibility index (Phi) is 3.51. The molecule has 0 N–H and O–H groups in total. The first kappa shape index (κ1) is 13.9. The largest absolute Gasteiger partial charge is 0.497 e. The van der Waals surface area contributed by atoms with Crippen LogP contribution in [0.4, 0.5) is 0 Å². The van der Waals surface area contributed by atoms with Gasteiger partial charge in [-0.15, -0.1) is 0 Å². The first-order valence-electron chi connectivity index (χ1n) is 7.70. The Morgan fingerprint density at radius 2 is 1.61 bits per heavy atom. The molecule has 1 radical (unpaired) electrons. The van der Waals surface area contributed by atoms with Gasteiger partial charge in [-0.1, -0.05) is 42.5 Å². The van der Waals surface area contributed by atoms with Gasteiger partial charge in [0.25, 0.3) is 0 Å². The molecule has 1 heterocycles. The minimum Gasteiger partial charge on any atom is -0.497 e. The van der Waals surface area contributed by atoms with E-state index in [1.807, 2.05) is 24.8 Å². The van der Waals surface area contributed by atoms with Crippen molar-refractivity contribution in [3.05, 3.63) is 78.9 Å². The van der Waals surface area contributed by atoms with Crippen molar-refractivity contribution in [2.24, 2.45) is 0 Å².